The van der Waals surface area contributed by atoms with Crippen molar-refractivity contribution in [2.45, 2.75) is 0 Å². The van der Waals surface area contributed by atoms with Crippen LogP contribution in [0.4, 0.5) is 0 Å². The Morgan fingerprint density at radius 2 is 0.830 bits per heavy atom. The van der Waals surface area contributed by atoms with Crippen molar-refractivity contribution in [2.75, 3.05) is 0 Å². The molecule has 0 radical (unpaired) electrons. The summed E-state index contributed by atoms with van der Waals surface area (Å²) in [6, 6.07) is 58.2. The molecule has 0 aliphatic carbocycles. The molecule has 7 heteroatoms. The van der Waals surface area contributed by atoms with Gasteiger partial charge < -0.3 is 0 Å². The Hall–Kier alpha value is -6.96. The van der Waals surface area contributed by atoms with Gasteiger partial charge in [-0.25, -0.2) is 19.9 Å². The van der Waals surface area contributed by atoms with Crippen LogP contribution in [0.1, 0.15) is 0 Å². The minimum Gasteiger partial charge on any atom is -0.247 e. The van der Waals surface area contributed by atoms with Gasteiger partial charge in [-0.15, -0.1) is 0 Å². The van der Waals surface area contributed by atoms with Gasteiger partial charge in [-0.2, -0.15) is 8.75 Å². The summed E-state index contributed by atoms with van der Waals surface area (Å²) in [5, 5.41) is 3.18. The van der Waals surface area contributed by atoms with Gasteiger partial charge in [-0.1, -0.05) is 146 Å². The molecule has 10 aromatic rings. The second kappa shape index (κ2) is 13.0. The Balaban J connectivity index is 1.09. The molecule has 0 saturated carbocycles. The van der Waals surface area contributed by atoms with E-state index in [2.05, 4.69) is 114 Å². The molecule has 0 spiro atoms. The molecule has 6 nitrogen and oxygen atoms in total. The standard InChI is InChI=1S/C46H28N6S/c1-4-11-29(12-5-1)30-19-21-33(22-20-30)45-48-44(32-15-8-3-9-16-32)49-46(50-45)36-18-10-17-34(27-36)35-23-24-37-40(28-35)47-42(31-13-6-2-7-14-31)38-25-26-39-43(41(37)38)52-53-51-39/h1-28H. The zero-order chi connectivity index (χ0) is 35.1. The third kappa shape index (κ3) is 5.69. The van der Waals surface area contributed by atoms with Crippen LogP contribution in [-0.2, 0) is 0 Å². The van der Waals surface area contributed by atoms with Gasteiger partial charge in [0.2, 0.25) is 0 Å². The van der Waals surface area contributed by atoms with Crippen LogP contribution in [0.5, 0.6) is 0 Å². The van der Waals surface area contributed by atoms with Gasteiger partial charge in [0.15, 0.2) is 17.5 Å². The first-order chi connectivity index (χ1) is 26.2. The molecule has 0 N–H and O–H groups in total. The fourth-order valence-corrected chi connectivity index (χ4v) is 7.51. The van der Waals surface area contributed by atoms with Crippen LogP contribution in [0.15, 0.2) is 170 Å². The van der Waals surface area contributed by atoms with Crippen molar-refractivity contribution in [3.05, 3.63) is 170 Å². The second-order valence-corrected chi connectivity index (χ2v) is 13.4. The Morgan fingerprint density at radius 1 is 0.321 bits per heavy atom. The normalized spacial score (nSPS) is 11.4. The summed E-state index contributed by atoms with van der Waals surface area (Å²) in [7, 11) is 0. The molecule has 53 heavy (non-hydrogen) atoms. The monoisotopic (exact) mass is 696 g/mol. The lowest BCUT2D eigenvalue weighted by molar-refractivity contribution is 1.07. The first-order valence-electron chi connectivity index (χ1n) is 17.4. The molecule has 0 fully saturated rings. The smallest absolute Gasteiger partial charge is 0.164 e. The molecular formula is C46H28N6S. The summed E-state index contributed by atoms with van der Waals surface area (Å²) in [6.45, 7) is 0. The average molecular weight is 697 g/mol. The number of hydrogen-bond acceptors (Lipinski definition) is 7. The Morgan fingerprint density at radius 3 is 1.55 bits per heavy atom. The molecule has 0 bridgehead atoms. The van der Waals surface area contributed by atoms with Crippen LogP contribution in [0.2, 0.25) is 0 Å². The Labute approximate surface area is 309 Å². The number of fused-ring (bicyclic) bond motifs is 5. The van der Waals surface area contributed by atoms with Crippen molar-refractivity contribution < 1.29 is 0 Å². The van der Waals surface area contributed by atoms with Crippen molar-refractivity contribution in [1.82, 2.24) is 28.7 Å². The Kier molecular flexibility index (Phi) is 7.55. The van der Waals surface area contributed by atoms with Crippen molar-refractivity contribution >= 4 is 44.4 Å². The van der Waals surface area contributed by atoms with Gasteiger partial charge in [0.05, 0.1) is 22.9 Å². The molecule has 0 saturated heterocycles. The minimum absolute atomic E-state index is 0.609. The third-order valence-corrected chi connectivity index (χ3v) is 10.1. The van der Waals surface area contributed by atoms with Gasteiger partial charge >= 0.3 is 0 Å². The lowest BCUT2D eigenvalue weighted by Gasteiger charge is -2.12. The fraction of sp³-hybridized carbons (Fsp3) is 0. The van der Waals surface area contributed by atoms with Crippen molar-refractivity contribution in [1.29, 1.82) is 0 Å². The summed E-state index contributed by atoms with van der Waals surface area (Å²) in [5.41, 5.74) is 11.8. The number of rotatable bonds is 6. The molecule has 10 rings (SSSR count). The summed E-state index contributed by atoms with van der Waals surface area (Å²) in [6.07, 6.45) is 0. The van der Waals surface area contributed by atoms with E-state index in [0.717, 1.165) is 77.3 Å². The van der Waals surface area contributed by atoms with Crippen molar-refractivity contribution in [3.8, 4) is 67.7 Å². The summed E-state index contributed by atoms with van der Waals surface area (Å²) in [5.74, 6) is 1.86. The molecule has 0 aliphatic heterocycles. The highest BCUT2D eigenvalue weighted by Gasteiger charge is 2.17. The SMILES string of the molecule is c1ccc(-c2ccc(-c3nc(-c4ccccc4)nc(-c4cccc(-c5ccc6c(c5)nc(-c5ccccc5)c5ccc7nsnc7c56)c4)n3)cc2)cc1. The van der Waals surface area contributed by atoms with Crippen molar-refractivity contribution in [3.63, 3.8) is 0 Å². The number of nitrogens with zero attached hydrogens (tertiary/aromatic N) is 6. The van der Waals surface area contributed by atoms with Crippen molar-refractivity contribution in [2.24, 2.45) is 0 Å². The lowest BCUT2D eigenvalue weighted by atomic mass is 9.96. The van der Waals surface area contributed by atoms with Crippen LogP contribution in [0.3, 0.4) is 0 Å². The zero-order valence-electron chi connectivity index (χ0n) is 28.3. The number of hydrogen-bond donors (Lipinski definition) is 0. The number of benzene rings is 7. The maximum absolute atomic E-state index is 5.27. The molecule has 3 heterocycles. The van der Waals surface area contributed by atoms with E-state index in [9.17, 15) is 0 Å². The van der Waals surface area contributed by atoms with Crippen LogP contribution in [0.25, 0.3) is 100 Å². The predicted molar refractivity (Wildman–Crippen MR) is 216 cm³/mol. The summed E-state index contributed by atoms with van der Waals surface area (Å²) in [4.78, 5) is 20.3. The van der Waals surface area contributed by atoms with Gasteiger partial charge in [0.1, 0.15) is 11.0 Å². The zero-order valence-corrected chi connectivity index (χ0v) is 29.1. The maximum atomic E-state index is 5.27. The van der Waals surface area contributed by atoms with E-state index < -0.39 is 0 Å². The predicted octanol–water partition coefficient (Wildman–Crippen LogP) is 11.6. The van der Waals surface area contributed by atoms with E-state index in [4.69, 9.17) is 24.3 Å². The van der Waals surface area contributed by atoms with Gasteiger partial charge in [-0.05, 0) is 46.5 Å². The van der Waals surface area contributed by atoms with Crippen LogP contribution in [-0.4, -0.2) is 28.7 Å². The number of pyridine rings is 1. The van der Waals surface area contributed by atoms with Gasteiger partial charge in [-0.3, -0.25) is 0 Å². The molecule has 3 aromatic heterocycles. The summed E-state index contributed by atoms with van der Waals surface area (Å²) < 4.78 is 9.26. The highest BCUT2D eigenvalue weighted by atomic mass is 32.1. The molecular weight excluding hydrogens is 669 g/mol. The van der Waals surface area contributed by atoms with E-state index in [1.165, 1.54) is 17.3 Å². The minimum atomic E-state index is 0.609. The molecule has 0 unspecified atom stereocenters. The van der Waals surface area contributed by atoms with E-state index in [1.54, 1.807) is 0 Å². The topological polar surface area (TPSA) is 77.3 Å². The van der Waals surface area contributed by atoms with Gasteiger partial charge in [0.25, 0.3) is 0 Å². The first-order valence-corrected chi connectivity index (χ1v) is 18.1. The lowest BCUT2D eigenvalue weighted by Crippen LogP contribution is -2.00. The highest BCUT2D eigenvalue weighted by Crippen LogP contribution is 2.38. The van der Waals surface area contributed by atoms with Crippen LogP contribution >= 0.6 is 11.7 Å². The molecule has 0 aliphatic rings. The highest BCUT2D eigenvalue weighted by molar-refractivity contribution is 7.00. The van der Waals surface area contributed by atoms with Crippen LogP contribution in [0, 0.1) is 0 Å². The maximum Gasteiger partial charge on any atom is 0.164 e. The number of aromatic nitrogens is 6. The summed E-state index contributed by atoms with van der Waals surface area (Å²) >= 11 is 1.24. The third-order valence-electron chi connectivity index (χ3n) is 9.60. The van der Waals surface area contributed by atoms with E-state index >= 15 is 0 Å². The van der Waals surface area contributed by atoms with Crippen LogP contribution < -0.4 is 0 Å². The molecule has 0 amide bonds. The van der Waals surface area contributed by atoms with Gasteiger partial charge in [0, 0.05) is 38.4 Å². The molecule has 248 valence electrons. The first kappa shape index (κ1) is 30.8. The molecule has 0 atom stereocenters. The van der Waals surface area contributed by atoms with E-state index in [0.29, 0.717) is 17.5 Å². The quantitative estimate of drug-likeness (QED) is 0.161. The second-order valence-electron chi connectivity index (χ2n) is 12.9. The molecule has 7 aromatic carbocycles. The fourth-order valence-electron chi connectivity index (χ4n) is 6.96. The average Bonchev–Trinajstić information content (AvgIpc) is 3.73. The Bertz CT molecular complexity index is 2930. The van der Waals surface area contributed by atoms with E-state index in [1.807, 2.05) is 60.7 Å². The van der Waals surface area contributed by atoms with E-state index in [-0.39, 0.29) is 0 Å². The largest absolute Gasteiger partial charge is 0.247 e.